The number of ether oxygens (including phenoxy) is 4. The van der Waals surface area contributed by atoms with Gasteiger partial charge in [-0.25, -0.2) is 9.78 Å². The number of aryl methyl sites for hydroxylation is 1. The number of carbonyl (C=O) groups is 1. The molecule has 0 amide bonds. The molecule has 0 aliphatic heterocycles. The zero-order valence-electron chi connectivity index (χ0n) is 25.4. The lowest BCUT2D eigenvalue weighted by Crippen LogP contribution is -2.26. The van der Waals surface area contributed by atoms with E-state index < -0.39 is 12.1 Å². The highest BCUT2D eigenvalue weighted by atomic mass is 79.9. The van der Waals surface area contributed by atoms with Crippen molar-refractivity contribution in [2.24, 2.45) is 5.10 Å². The van der Waals surface area contributed by atoms with E-state index in [-0.39, 0.29) is 18.1 Å². The number of esters is 1. The molecule has 0 radical (unpaired) electrons. The van der Waals surface area contributed by atoms with Crippen LogP contribution in [-0.4, -0.2) is 48.3 Å². The number of methoxy groups -OCH3 is 1. The third-order valence-corrected chi connectivity index (χ3v) is 7.35. The van der Waals surface area contributed by atoms with E-state index in [1.165, 1.54) is 4.68 Å². The Hall–Kier alpha value is -4.18. The fourth-order valence-electron chi connectivity index (χ4n) is 4.62. The van der Waals surface area contributed by atoms with Crippen molar-refractivity contribution in [2.75, 3.05) is 20.3 Å². The maximum Gasteiger partial charge on any atom is 0.347 e. The van der Waals surface area contributed by atoms with E-state index >= 15 is 0 Å². The van der Waals surface area contributed by atoms with Crippen molar-refractivity contribution in [1.82, 2.24) is 9.66 Å². The van der Waals surface area contributed by atoms with Crippen molar-refractivity contribution in [3.05, 3.63) is 80.0 Å². The van der Waals surface area contributed by atoms with Gasteiger partial charge >= 0.3 is 5.97 Å². The first-order chi connectivity index (χ1) is 20.6. The molecule has 0 aliphatic carbocycles. The van der Waals surface area contributed by atoms with Crippen molar-refractivity contribution in [2.45, 2.75) is 53.6 Å². The molecule has 0 saturated carbocycles. The highest BCUT2D eigenvalue weighted by molar-refractivity contribution is 9.10. The Balaban J connectivity index is 1.86. The third kappa shape index (κ3) is 6.91. The first-order valence-electron chi connectivity index (χ1n) is 14.1. The fourth-order valence-corrected chi connectivity index (χ4v) is 5.17. The van der Waals surface area contributed by atoms with Crippen LogP contribution in [0, 0.1) is 6.92 Å². The molecule has 1 aromatic heterocycles. The molecule has 3 aromatic carbocycles. The molecule has 0 N–H and O–H groups in total. The number of carbonyl (C=O) groups excluding carboxylic acids is 1. The molecule has 1 heterocycles. The van der Waals surface area contributed by atoms with E-state index in [9.17, 15) is 9.59 Å². The topological polar surface area (TPSA) is 101 Å². The van der Waals surface area contributed by atoms with Crippen LogP contribution in [0.1, 0.15) is 57.2 Å². The lowest BCUT2D eigenvalue weighted by molar-refractivity contribution is -0.150. The predicted octanol–water partition coefficient (Wildman–Crippen LogP) is 6.88. The first kappa shape index (κ1) is 31.7. The summed E-state index contributed by atoms with van der Waals surface area (Å²) in [5, 5.41) is 5.09. The minimum Gasteiger partial charge on any atom is -0.496 e. The highest BCUT2D eigenvalue weighted by Gasteiger charge is 2.22. The SMILES string of the molecule is CCOC(=O)[C@H](C)Oc1c(Br)cc(C=Nn2c(-c3cc(C(C)C)c(OC)cc3C)nc3ccccc3c2=O)cc1OCC. The normalized spacial score (nSPS) is 12.1. The summed E-state index contributed by atoms with van der Waals surface area (Å²) in [4.78, 5) is 30.9. The molecule has 0 unspecified atom stereocenters. The van der Waals surface area contributed by atoms with Gasteiger partial charge in [-0.05, 0) is 103 Å². The Bertz CT molecular complexity index is 1730. The third-order valence-electron chi connectivity index (χ3n) is 6.76. The summed E-state index contributed by atoms with van der Waals surface area (Å²) in [7, 11) is 1.65. The second-order valence-electron chi connectivity index (χ2n) is 10.2. The van der Waals surface area contributed by atoms with Gasteiger partial charge in [-0.1, -0.05) is 26.0 Å². The number of benzene rings is 3. The van der Waals surface area contributed by atoms with Crippen molar-refractivity contribution < 1.29 is 23.7 Å². The average molecular weight is 651 g/mol. The summed E-state index contributed by atoms with van der Waals surface area (Å²) in [6, 6.07) is 14.7. The molecule has 43 heavy (non-hydrogen) atoms. The van der Waals surface area contributed by atoms with Gasteiger partial charge < -0.3 is 18.9 Å². The quantitative estimate of drug-likeness (QED) is 0.129. The molecular weight excluding hydrogens is 614 g/mol. The van der Waals surface area contributed by atoms with E-state index in [2.05, 4.69) is 34.9 Å². The number of halogens is 1. The summed E-state index contributed by atoms with van der Waals surface area (Å²) in [6.07, 6.45) is 0.721. The minimum absolute atomic E-state index is 0.181. The Labute approximate surface area is 259 Å². The largest absolute Gasteiger partial charge is 0.496 e. The van der Waals surface area contributed by atoms with Gasteiger partial charge in [0, 0.05) is 5.56 Å². The van der Waals surface area contributed by atoms with Crippen LogP contribution >= 0.6 is 15.9 Å². The van der Waals surface area contributed by atoms with Crippen LogP contribution in [0.3, 0.4) is 0 Å². The van der Waals surface area contributed by atoms with Crippen molar-refractivity contribution >= 4 is 39.0 Å². The average Bonchev–Trinajstić information content (AvgIpc) is 2.98. The molecule has 10 heteroatoms. The maximum atomic E-state index is 13.8. The molecule has 0 bridgehead atoms. The van der Waals surface area contributed by atoms with Crippen LogP contribution in [0.15, 0.2) is 62.9 Å². The van der Waals surface area contributed by atoms with Gasteiger partial charge in [0.15, 0.2) is 23.4 Å². The molecule has 0 spiro atoms. The van der Waals surface area contributed by atoms with Crippen LogP contribution in [0.25, 0.3) is 22.3 Å². The van der Waals surface area contributed by atoms with Crippen LogP contribution in [0.4, 0.5) is 0 Å². The molecule has 4 rings (SSSR count). The van der Waals surface area contributed by atoms with Gasteiger partial charge in [-0.15, -0.1) is 0 Å². The van der Waals surface area contributed by atoms with E-state index in [1.807, 2.05) is 38.1 Å². The highest BCUT2D eigenvalue weighted by Crippen LogP contribution is 2.38. The summed E-state index contributed by atoms with van der Waals surface area (Å²) >= 11 is 3.54. The second kappa shape index (κ2) is 13.9. The summed E-state index contributed by atoms with van der Waals surface area (Å²) < 4.78 is 24.3. The number of fused-ring (bicyclic) bond motifs is 1. The van der Waals surface area contributed by atoms with Gasteiger partial charge in [0.2, 0.25) is 0 Å². The van der Waals surface area contributed by atoms with E-state index in [0.717, 1.165) is 22.4 Å². The zero-order valence-corrected chi connectivity index (χ0v) is 27.0. The van der Waals surface area contributed by atoms with Gasteiger partial charge in [0.25, 0.3) is 5.56 Å². The molecule has 0 saturated heterocycles. The lowest BCUT2D eigenvalue weighted by atomic mass is 9.96. The van der Waals surface area contributed by atoms with Crippen molar-refractivity contribution in [1.29, 1.82) is 0 Å². The van der Waals surface area contributed by atoms with E-state index in [1.54, 1.807) is 51.4 Å². The monoisotopic (exact) mass is 649 g/mol. The van der Waals surface area contributed by atoms with Gasteiger partial charge in [0.1, 0.15) is 5.75 Å². The number of para-hydroxylation sites is 1. The molecule has 4 aromatic rings. The maximum absolute atomic E-state index is 13.8. The molecular formula is C33H36BrN3O6. The van der Waals surface area contributed by atoms with Crippen LogP contribution in [-0.2, 0) is 9.53 Å². The Kier molecular flexibility index (Phi) is 10.2. The molecule has 0 fully saturated rings. The number of hydrogen-bond acceptors (Lipinski definition) is 8. The Morgan fingerprint density at radius 2 is 1.81 bits per heavy atom. The minimum atomic E-state index is -0.844. The van der Waals surface area contributed by atoms with Gasteiger partial charge in [0.05, 0.1) is 41.9 Å². The lowest BCUT2D eigenvalue weighted by Gasteiger charge is -2.18. The predicted molar refractivity (Wildman–Crippen MR) is 172 cm³/mol. The summed E-state index contributed by atoms with van der Waals surface area (Å²) in [5.41, 5.74) is 3.58. The van der Waals surface area contributed by atoms with Gasteiger partial charge in [-0.3, -0.25) is 4.79 Å². The molecule has 9 nitrogen and oxygen atoms in total. The van der Waals surface area contributed by atoms with Crippen LogP contribution in [0.5, 0.6) is 17.2 Å². The smallest absolute Gasteiger partial charge is 0.347 e. The number of rotatable bonds is 11. The molecule has 0 aliphatic rings. The Morgan fingerprint density at radius 3 is 2.49 bits per heavy atom. The van der Waals surface area contributed by atoms with E-state index in [0.29, 0.717) is 44.9 Å². The Morgan fingerprint density at radius 1 is 1.07 bits per heavy atom. The summed E-state index contributed by atoms with van der Waals surface area (Å²) in [5.74, 6) is 1.66. The van der Waals surface area contributed by atoms with Crippen molar-refractivity contribution in [3.8, 4) is 28.6 Å². The number of aromatic nitrogens is 2. The van der Waals surface area contributed by atoms with Crippen molar-refractivity contribution in [3.63, 3.8) is 0 Å². The molecule has 1 atom stereocenters. The van der Waals surface area contributed by atoms with E-state index in [4.69, 9.17) is 23.9 Å². The second-order valence-corrected chi connectivity index (χ2v) is 11.0. The first-order valence-corrected chi connectivity index (χ1v) is 14.9. The number of nitrogens with zero attached hydrogens (tertiary/aromatic N) is 3. The van der Waals surface area contributed by atoms with Gasteiger partial charge in [-0.2, -0.15) is 9.78 Å². The standard InChI is InChI=1S/C33H36BrN3O6/c1-8-41-29-16-22(15-26(34)30(29)43-21(6)33(39)42-9-2)18-35-37-31(36-27-13-11-10-12-23(27)32(37)38)25-17-24(19(3)4)28(40-7)14-20(25)5/h10-19,21H,8-9H2,1-7H3/t21-/m0/s1. The fraction of sp³-hybridized carbons (Fsp3) is 0.333. The van der Waals surface area contributed by atoms with Crippen LogP contribution in [0.2, 0.25) is 0 Å². The summed E-state index contributed by atoms with van der Waals surface area (Å²) in [6.45, 7) is 11.9. The zero-order chi connectivity index (χ0) is 31.3. The number of hydrogen-bond donors (Lipinski definition) is 0. The molecule has 226 valence electrons. The van der Waals surface area contributed by atoms with Crippen LogP contribution < -0.4 is 19.8 Å².